The minimum Gasteiger partial charge on any atom is -0.386 e. The zero-order valence-electron chi connectivity index (χ0n) is 11.9. The molecule has 6 heteroatoms. The van der Waals surface area contributed by atoms with Gasteiger partial charge in [0.05, 0.1) is 22.3 Å². The number of hydrogen-bond donors (Lipinski definition) is 2. The van der Waals surface area contributed by atoms with Crippen molar-refractivity contribution in [1.29, 1.82) is 0 Å². The number of aromatic nitrogens is 1. The van der Waals surface area contributed by atoms with E-state index in [2.05, 4.69) is 24.1 Å². The second kappa shape index (κ2) is 7.31. The van der Waals surface area contributed by atoms with Gasteiger partial charge in [-0.25, -0.2) is 4.39 Å². The van der Waals surface area contributed by atoms with E-state index in [0.29, 0.717) is 10.9 Å². The molecule has 0 radical (unpaired) electrons. The van der Waals surface area contributed by atoms with E-state index in [-0.39, 0.29) is 17.8 Å². The lowest BCUT2D eigenvalue weighted by Crippen LogP contribution is -2.30. The topological polar surface area (TPSA) is 45.1 Å². The van der Waals surface area contributed by atoms with Gasteiger partial charge in [-0.3, -0.25) is 4.98 Å². The lowest BCUT2D eigenvalue weighted by atomic mass is 10.00. The maximum Gasteiger partial charge on any atom is 0.141 e. The van der Waals surface area contributed by atoms with Gasteiger partial charge in [0, 0.05) is 11.4 Å². The molecular formula is C15H18ClFN2OS. The van der Waals surface area contributed by atoms with Gasteiger partial charge in [0.1, 0.15) is 11.9 Å². The van der Waals surface area contributed by atoms with Crippen LogP contribution in [0.3, 0.4) is 0 Å². The van der Waals surface area contributed by atoms with Crippen LogP contribution in [0.15, 0.2) is 30.5 Å². The first kappa shape index (κ1) is 16.4. The molecule has 0 amide bonds. The smallest absolute Gasteiger partial charge is 0.141 e. The Bertz CT molecular complexity index is 573. The van der Waals surface area contributed by atoms with Gasteiger partial charge in [-0.2, -0.15) is 0 Å². The SMILES string of the molecule is CC(C)C(NCC(O)c1ccc(Cl)s1)c1ccc(F)cn1. The number of aliphatic hydroxyl groups excluding tert-OH is 1. The second-order valence-corrected chi connectivity index (χ2v) is 6.94. The predicted octanol–water partition coefficient (Wildman–Crippen LogP) is 3.96. The van der Waals surface area contributed by atoms with E-state index in [1.807, 2.05) is 6.07 Å². The zero-order valence-corrected chi connectivity index (χ0v) is 13.5. The number of nitrogens with one attached hydrogen (secondary N) is 1. The van der Waals surface area contributed by atoms with Crippen LogP contribution in [-0.4, -0.2) is 16.6 Å². The fraction of sp³-hybridized carbons (Fsp3) is 0.400. The Hall–Kier alpha value is -1.01. The summed E-state index contributed by atoms with van der Waals surface area (Å²) >= 11 is 7.23. The Morgan fingerprint density at radius 3 is 2.62 bits per heavy atom. The monoisotopic (exact) mass is 328 g/mol. The third-order valence-corrected chi connectivity index (χ3v) is 4.52. The maximum absolute atomic E-state index is 13.0. The molecule has 3 nitrogen and oxygen atoms in total. The number of hydrogen-bond acceptors (Lipinski definition) is 4. The number of nitrogens with zero attached hydrogens (tertiary/aromatic N) is 1. The highest BCUT2D eigenvalue weighted by Crippen LogP contribution is 2.27. The molecule has 2 N–H and O–H groups in total. The largest absolute Gasteiger partial charge is 0.386 e. The number of thiophene rings is 1. The first-order chi connectivity index (χ1) is 9.97. The van der Waals surface area contributed by atoms with Crippen LogP contribution in [-0.2, 0) is 0 Å². The number of aliphatic hydroxyl groups is 1. The van der Waals surface area contributed by atoms with Crippen LogP contribution in [0.1, 0.15) is 36.6 Å². The van der Waals surface area contributed by atoms with Gasteiger partial charge in [0.15, 0.2) is 0 Å². The molecule has 0 aromatic carbocycles. The van der Waals surface area contributed by atoms with E-state index in [1.165, 1.54) is 23.6 Å². The summed E-state index contributed by atoms with van der Waals surface area (Å²) in [6.07, 6.45) is 0.589. The third-order valence-electron chi connectivity index (χ3n) is 3.19. The molecule has 21 heavy (non-hydrogen) atoms. The van der Waals surface area contributed by atoms with Crippen molar-refractivity contribution in [2.45, 2.75) is 26.0 Å². The predicted molar refractivity (Wildman–Crippen MR) is 84.1 cm³/mol. The maximum atomic E-state index is 13.0. The first-order valence-electron chi connectivity index (χ1n) is 6.75. The summed E-state index contributed by atoms with van der Waals surface area (Å²) in [6, 6.07) is 6.61. The van der Waals surface area contributed by atoms with Crippen LogP contribution < -0.4 is 5.32 Å². The lowest BCUT2D eigenvalue weighted by molar-refractivity contribution is 0.168. The van der Waals surface area contributed by atoms with Crippen molar-refractivity contribution in [3.05, 3.63) is 51.2 Å². The van der Waals surface area contributed by atoms with Gasteiger partial charge in [-0.05, 0) is 30.2 Å². The average Bonchev–Trinajstić information content (AvgIpc) is 2.87. The summed E-state index contributed by atoms with van der Waals surface area (Å²) in [5.41, 5.74) is 0.766. The molecule has 2 aromatic rings. The van der Waals surface area contributed by atoms with Crippen LogP contribution in [0, 0.1) is 11.7 Å². The normalized spacial score (nSPS) is 14.4. The molecule has 0 spiro atoms. The van der Waals surface area contributed by atoms with Crippen molar-refractivity contribution in [3.8, 4) is 0 Å². The van der Waals surface area contributed by atoms with Gasteiger partial charge in [-0.15, -0.1) is 11.3 Å². The quantitative estimate of drug-likeness (QED) is 0.843. The van der Waals surface area contributed by atoms with Crippen LogP contribution in [0.25, 0.3) is 0 Å². The van der Waals surface area contributed by atoms with Crippen LogP contribution in [0.4, 0.5) is 4.39 Å². The fourth-order valence-electron chi connectivity index (χ4n) is 2.10. The highest BCUT2D eigenvalue weighted by molar-refractivity contribution is 7.16. The highest BCUT2D eigenvalue weighted by atomic mass is 35.5. The summed E-state index contributed by atoms with van der Waals surface area (Å²) in [5, 5.41) is 13.5. The molecule has 2 unspecified atom stereocenters. The number of pyridine rings is 1. The van der Waals surface area contributed by atoms with E-state index in [9.17, 15) is 9.50 Å². The van der Waals surface area contributed by atoms with Crippen molar-refractivity contribution in [2.75, 3.05) is 6.54 Å². The summed E-state index contributed by atoms with van der Waals surface area (Å²) in [7, 11) is 0. The molecule has 0 aliphatic carbocycles. The molecule has 2 atom stereocenters. The molecule has 0 saturated heterocycles. The Morgan fingerprint density at radius 2 is 2.10 bits per heavy atom. The Kier molecular flexibility index (Phi) is 5.70. The number of rotatable bonds is 6. The Morgan fingerprint density at radius 1 is 1.33 bits per heavy atom. The van der Waals surface area contributed by atoms with E-state index >= 15 is 0 Å². The molecule has 0 aliphatic heterocycles. The van der Waals surface area contributed by atoms with Crippen molar-refractivity contribution in [1.82, 2.24) is 10.3 Å². The van der Waals surface area contributed by atoms with Crippen molar-refractivity contribution < 1.29 is 9.50 Å². The Balaban J connectivity index is 2.02. The molecule has 0 bridgehead atoms. The fourth-order valence-corrected chi connectivity index (χ4v) is 3.15. The van der Waals surface area contributed by atoms with E-state index in [1.54, 1.807) is 12.1 Å². The molecular weight excluding hydrogens is 311 g/mol. The Labute approximate surface area is 132 Å². The van der Waals surface area contributed by atoms with E-state index < -0.39 is 6.10 Å². The molecule has 114 valence electrons. The van der Waals surface area contributed by atoms with Gasteiger partial charge in [0.2, 0.25) is 0 Å². The van der Waals surface area contributed by atoms with E-state index in [0.717, 1.165) is 10.6 Å². The van der Waals surface area contributed by atoms with Gasteiger partial charge >= 0.3 is 0 Å². The van der Waals surface area contributed by atoms with Crippen LogP contribution >= 0.6 is 22.9 Å². The first-order valence-corrected chi connectivity index (χ1v) is 7.95. The van der Waals surface area contributed by atoms with Gasteiger partial charge < -0.3 is 10.4 Å². The van der Waals surface area contributed by atoms with Gasteiger partial charge in [-0.1, -0.05) is 25.4 Å². The van der Waals surface area contributed by atoms with Gasteiger partial charge in [0.25, 0.3) is 0 Å². The third kappa shape index (κ3) is 4.48. The molecule has 2 heterocycles. The average molecular weight is 329 g/mol. The molecule has 2 rings (SSSR count). The molecule has 0 saturated carbocycles. The van der Waals surface area contributed by atoms with Crippen LogP contribution in [0.2, 0.25) is 4.34 Å². The van der Waals surface area contributed by atoms with Crippen LogP contribution in [0.5, 0.6) is 0 Å². The molecule has 0 aliphatic rings. The number of halogens is 2. The summed E-state index contributed by atoms with van der Waals surface area (Å²) in [6.45, 7) is 4.49. The highest BCUT2D eigenvalue weighted by Gasteiger charge is 2.19. The minimum atomic E-state index is -0.621. The van der Waals surface area contributed by atoms with Crippen molar-refractivity contribution >= 4 is 22.9 Å². The summed E-state index contributed by atoms with van der Waals surface area (Å²) < 4.78 is 13.6. The van der Waals surface area contributed by atoms with Crippen molar-refractivity contribution in [3.63, 3.8) is 0 Å². The standard InChI is InChI=1S/C15H18ClFN2OS/c1-9(2)15(11-4-3-10(17)7-18-11)19-8-12(20)13-5-6-14(16)21-13/h3-7,9,12,15,19-20H,8H2,1-2H3. The lowest BCUT2D eigenvalue weighted by Gasteiger charge is -2.23. The summed E-state index contributed by atoms with van der Waals surface area (Å²) in [5.74, 6) is -0.0865. The zero-order chi connectivity index (χ0) is 15.4. The minimum absolute atomic E-state index is 0.0457. The van der Waals surface area contributed by atoms with Crippen molar-refractivity contribution in [2.24, 2.45) is 5.92 Å². The summed E-state index contributed by atoms with van der Waals surface area (Å²) in [4.78, 5) is 4.94. The van der Waals surface area contributed by atoms with E-state index in [4.69, 9.17) is 11.6 Å². The second-order valence-electron chi connectivity index (χ2n) is 5.19. The molecule has 2 aromatic heterocycles. The molecule has 0 fully saturated rings.